The van der Waals surface area contributed by atoms with E-state index in [2.05, 4.69) is 10.4 Å². The van der Waals surface area contributed by atoms with Gasteiger partial charge in [0.1, 0.15) is 0 Å². The number of non-ortho nitro benzene ring substituents is 2. The molecule has 0 bridgehead atoms. The second-order valence-corrected chi connectivity index (χ2v) is 5.52. The van der Waals surface area contributed by atoms with Crippen molar-refractivity contribution in [3.05, 3.63) is 68.3 Å². The molecule has 0 aliphatic heterocycles. The van der Waals surface area contributed by atoms with Gasteiger partial charge in [0.2, 0.25) is 0 Å². The minimum atomic E-state index is -0.810. The van der Waals surface area contributed by atoms with E-state index in [0.717, 1.165) is 18.2 Å². The third-order valence-corrected chi connectivity index (χ3v) is 3.79. The molecule has 0 radical (unpaired) electrons. The number of hydrogen-bond acceptors (Lipinski definition) is 7. The van der Waals surface area contributed by atoms with Crippen molar-refractivity contribution in [1.82, 2.24) is 9.78 Å². The number of hydrogen-bond donors (Lipinski definition) is 2. The third kappa shape index (κ3) is 3.57. The molecule has 0 atom stereocenters. The summed E-state index contributed by atoms with van der Waals surface area (Å²) < 4.78 is 1.50. The van der Waals surface area contributed by atoms with Crippen LogP contribution >= 0.6 is 0 Å². The summed E-state index contributed by atoms with van der Waals surface area (Å²) in [6, 6.07) is 9.66. The summed E-state index contributed by atoms with van der Waals surface area (Å²) in [7, 11) is 0. The van der Waals surface area contributed by atoms with Crippen molar-refractivity contribution in [1.29, 1.82) is 0 Å². The van der Waals surface area contributed by atoms with E-state index in [1.807, 2.05) is 0 Å². The van der Waals surface area contributed by atoms with Crippen molar-refractivity contribution >= 4 is 34.0 Å². The van der Waals surface area contributed by atoms with Crippen molar-refractivity contribution in [2.75, 3.05) is 11.9 Å². The number of aliphatic hydroxyl groups excluding tert-OH is 1. The predicted molar refractivity (Wildman–Crippen MR) is 94.5 cm³/mol. The van der Waals surface area contributed by atoms with Crippen LogP contribution in [-0.4, -0.2) is 37.2 Å². The van der Waals surface area contributed by atoms with Gasteiger partial charge in [-0.3, -0.25) is 29.7 Å². The molecule has 2 N–H and O–H groups in total. The van der Waals surface area contributed by atoms with Crippen LogP contribution in [0.1, 0.15) is 10.4 Å². The number of nitro benzene ring substituents is 2. The number of carbonyl (C=O) groups excluding carboxylic acids is 1. The zero-order valence-corrected chi connectivity index (χ0v) is 13.7. The van der Waals surface area contributed by atoms with Crippen molar-refractivity contribution < 1.29 is 19.7 Å². The molecule has 3 aromatic rings. The van der Waals surface area contributed by atoms with Crippen LogP contribution < -0.4 is 5.32 Å². The predicted octanol–water partition coefficient (Wildman–Crippen LogP) is 2.10. The molecular weight excluding hydrogens is 358 g/mol. The molecule has 1 heterocycles. The number of benzene rings is 2. The van der Waals surface area contributed by atoms with E-state index in [4.69, 9.17) is 5.11 Å². The Morgan fingerprint density at radius 3 is 2.33 bits per heavy atom. The largest absolute Gasteiger partial charge is 0.394 e. The minimum Gasteiger partial charge on any atom is -0.394 e. The smallest absolute Gasteiger partial charge is 0.277 e. The molecule has 0 saturated heterocycles. The molecule has 11 nitrogen and oxygen atoms in total. The number of aromatic nitrogens is 2. The summed E-state index contributed by atoms with van der Waals surface area (Å²) in [5, 5.41) is 38.4. The normalized spacial score (nSPS) is 10.7. The first-order chi connectivity index (χ1) is 12.9. The molecule has 27 heavy (non-hydrogen) atoms. The number of rotatable bonds is 6. The third-order valence-electron chi connectivity index (χ3n) is 3.79. The Labute approximate surface area is 151 Å². The van der Waals surface area contributed by atoms with Gasteiger partial charge in [-0.05, 0) is 12.1 Å². The molecule has 138 valence electrons. The van der Waals surface area contributed by atoms with Gasteiger partial charge in [0.25, 0.3) is 17.3 Å². The average molecular weight is 371 g/mol. The van der Waals surface area contributed by atoms with Gasteiger partial charge in [-0.25, -0.2) is 0 Å². The lowest BCUT2D eigenvalue weighted by Crippen LogP contribution is -2.14. The van der Waals surface area contributed by atoms with Crippen LogP contribution in [0.25, 0.3) is 10.9 Å². The highest BCUT2D eigenvalue weighted by atomic mass is 16.6. The van der Waals surface area contributed by atoms with Crippen molar-refractivity contribution in [2.45, 2.75) is 6.54 Å². The molecule has 0 aliphatic rings. The van der Waals surface area contributed by atoms with Gasteiger partial charge in [-0.2, -0.15) is 5.10 Å². The topological polar surface area (TPSA) is 153 Å². The number of nitrogens with one attached hydrogen (secondary N) is 1. The van der Waals surface area contributed by atoms with E-state index in [9.17, 15) is 25.0 Å². The zero-order chi connectivity index (χ0) is 19.6. The molecule has 11 heteroatoms. The van der Waals surface area contributed by atoms with E-state index in [1.165, 1.54) is 4.68 Å². The van der Waals surface area contributed by atoms with E-state index >= 15 is 0 Å². The molecule has 2 aromatic carbocycles. The Morgan fingerprint density at radius 2 is 1.74 bits per heavy atom. The molecule has 0 saturated carbocycles. The Morgan fingerprint density at radius 1 is 1.11 bits per heavy atom. The summed E-state index contributed by atoms with van der Waals surface area (Å²) in [4.78, 5) is 32.8. The first-order valence-corrected chi connectivity index (χ1v) is 7.72. The Kier molecular flexibility index (Phi) is 4.77. The van der Waals surface area contributed by atoms with E-state index in [1.54, 1.807) is 24.3 Å². The fourth-order valence-corrected chi connectivity index (χ4v) is 2.60. The van der Waals surface area contributed by atoms with Gasteiger partial charge in [-0.15, -0.1) is 0 Å². The highest BCUT2D eigenvalue weighted by Gasteiger charge is 2.21. The molecule has 0 spiro atoms. The van der Waals surface area contributed by atoms with E-state index in [-0.39, 0.29) is 24.5 Å². The van der Waals surface area contributed by atoms with Crippen LogP contribution in [0.3, 0.4) is 0 Å². The van der Waals surface area contributed by atoms with Gasteiger partial charge in [0, 0.05) is 17.5 Å². The summed E-state index contributed by atoms with van der Waals surface area (Å²) in [6.07, 6.45) is 0. The number of aliphatic hydroxyl groups is 1. The number of fused-ring (bicyclic) bond motifs is 1. The zero-order valence-electron chi connectivity index (χ0n) is 13.7. The number of carbonyl (C=O) groups is 1. The lowest BCUT2D eigenvalue weighted by atomic mass is 10.1. The number of nitrogens with zero attached hydrogens (tertiary/aromatic N) is 4. The standard InChI is InChI=1S/C16H13N5O6/c22-6-5-19-14-4-2-1-3-13(14)15(18-19)17-16(23)10-7-11(20(24)25)9-12(8-10)21(26)27/h1-4,7-9,22H,5-6H2,(H,17,18,23). The Hall–Kier alpha value is -3.86. The number of anilines is 1. The average Bonchev–Trinajstić information content (AvgIpc) is 2.99. The van der Waals surface area contributed by atoms with Crippen LogP contribution in [0.4, 0.5) is 17.2 Å². The second-order valence-electron chi connectivity index (χ2n) is 5.52. The van der Waals surface area contributed by atoms with Crippen LogP contribution in [-0.2, 0) is 6.54 Å². The molecule has 0 unspecified atom stereocenters. The number of para-hydroxylation sites is 1. The van der Waals surface area contributed by atoms with Crippen LogP contribution in [0.15, 0.2) is 42.5 Å². The number of nitro groups is 2. The quantitative estimate of drug-likeness (QED) is 0.497. The molecular formula is C16H13N5O6. The van der Waals surface area contributed by atoms with E-state index in [0.29, 0.717) is 10.9 Å². The summed E-state index contributed by atoms with van der Waals surface area (Å²) in [6.45, 7) is 0.0504. The first kappa shape index (κ1) is 17.9. The first-order valence-electron chi connectivity index (χ1n) is 7.72. The second kappa shape index (κ2) is 7.17. The summed E-state index contributed by atoms with van der Waals surface area (Å²) >= 11 is 0. The van der Waals surface area contributed by atoms with Gasteiger partial charge < -0.3 is 10.4 Å². The Balaban J connectivity index is 2.00. The van der Waals surface area contributed by atoms with E-state index < -0.39 is 27.1 Å². The summed E-state index contributed by atoms with van der Waals surface area (Å²) in [5.74, 6) is -0.598. The minimum absolute atomic E-state index is 0.157. The maximum absolute atomic E-state index is 12.5. The fraction of sp³-hybridized carbons (Fsp3) is 0.125. The van der Waals surface area contributed by atoms with Gasteiger partial charge in [0.15, 0.2) is 5.82 Å². The molecule has 1 aromatic heterocycles. The highest BCUT2D eigenvalue weighted by Crippen LogP contribution is 2.26. The van der Waals surface area contributed by atoms with Gasteiger partial charge in [0.05, 0.1) is 40.1 Å². The van der Waals surface area contributed by atoms with Crippen molar-refractivity contribution in [2.24, 2.45) is 0 Å². The van der Waals surface area contributed by atoms with Gasteiger partial charge in [-0.1, -0.05) is 12.1 Å². The summed E-state index contributed by atoms with van der Waals surface area (Å²) in [5.41, 5.74) is -0.696. The molecule has 0 aliphatic carbocycles. The SMILES string of the molecule is O=C(Nc1nn(CCO)c2ccccc12)c1cc([N+](=O)[O-])cc([N+](=O)[O-])c1. The molecule has 0 fully saturated rings. The molecule has 1 amide bonds. The number of amides is 1. The van der Waals surface area contributed by atoms with Gasteiger partial charge >= 0.3 is 0 Å². The fourth-order valence-electron chi connectivity index (χ4n) is 2.60. The van der Waals surface area contributed by atoms with Crippen LogP contribution in [0.2, 0.25) is 0 Å². The van der Waals surface area contributed by atoms with Crippen molar-refractivity contribution in [3.8, 4) is 0 Å². The molecule has 3 rings (SSSR count). The van der Waals surface area contributed by atoms with Crippen LogP contribution in [0, 0.1) is 20.2 Å². The van der Waals surface area contributed by atoms with Crippen molar-refractivity contribution in [3.63, 3.8) is 0 Å². The lowest BCUT2D eigenvalue weighted by molar-refractivity contribution is -0.394. The van der Waals surface area contributed by atoms with Crippen LogP contribution in [0.5, 0.6) is 0 Å². The Bertz CT molecular complexity index is 1030. The highest BCUT2D eigenvalue weighted by molar-refractivity contribution is 6.08. The maximum Gasteiger partial charge on any atom is 0.277 e. The maximum atomic E-state index is 12.5. The monoisotopic (exact) mass is 371 g/mol. The lowest BCUT2D eigenvalue weighted by Gasteiger charge is -2.03.